The van der Waals surface area contributed by atoms with Crippen LogP contribution in [0.3, 0.4) is 0 Å². The van der Waals surface area contributed by atoms with Crippen LogP contribution in [-0.2, 0) is 22.4 Å². The van der Waals surface area contributed by atoms with Gasteiger partial charge in [0, 0.05) is 11.4 Å². The lowest BCUT2D eigenvalue weighted by Crippen LogP contribution is -2.21. The van der Waals surface area contributed by atoms with Crippen molar-refractivity contribution in [1.82, 2.24) is 0 Å². The average molecular weight is 350 g/mol. The average Bonchev–Trinajstić information content (AvgIpc) is 3.45. The topological polar surface area (TPSA) is 58.2 Å². The lowest BCUT2D eigenvalue weighted by Gasteiger charge is -2.14. The number of anilines is 2. The fourth-order valence-corrected chi connectivity index (χ4v) is 3.27. The van der Waals surface area contributed by atoms with Crippen LogP contribution >= 0.6 is 0 Å². The molecule has 4 heteroatoms. The minimum absolute atomic E-state index is 0.0512. The van der Waals surface area contributed by atoms with Crippen LogP contribution in [0.2, 0.25) is 0 Å². The van der Waals surface area contributed by atoms with Crippen LogP contribution in [-0.4, -0.2) is 11.8 Å². The SMILES string of the molecule is CCc1cccc(CC)c1NC(=O)C1CC1C(=O)Nc1ccc(C)cc1. The number of para-hydroxylation sites is 1. The van der Waals surface area contributed by atoms with Gasteiger partial charge in [0.1, 0.15) is 0 Å². The van der Waals surface area contributed by atoms with Crippen molar-refractivity contribution in [2.45, 2.75) is 40.0 Å². The molecular weight excluding hydrogens is 324 g/mol. The van der Waals surface area contributed by atoms with Gasteiger partial charge in [-0.1, -0.05) is 49.7 Å². The summed E-state index contributed by atoms with van der Waals surface area (Å²) < 4.78 is 0. The van der Waals surface area contributed by atoms with Crippen LogP contribution in [0.25, 0.3) is 0 Å². The Morgan fingerprint density at radius 1 is 0.885 bits per heavy atom. The molecule has 1 fully saturated rings. The van der Waals surface area contributed by atoms with Gasteiger partial charge in [-0.25, -0.2) is 0 Å². The Balaban J connectivity index is 1.62. The summed E-state index contributed by atoms with van der Waals surface area (Å²) >= 11 is 0. The van der Waals surface area contributed by atoms with Crippen molar-refractivity contribution in [2.24, 2.45) is 11.8 Å². The van der Waals surface area contributed by atoms with Gasteiger partial charge in [-0.05, 0) is 49.4 Å². The number of carbonyl (C=O) groups excluding carboxylic acids is 2. The van der Waals surface area contributed by atoms with Gasteiger partial charge >= 0.3 is 0 Å². The molecule has 1 aliphatic carbocycles. The molecule has 0 spiro atoms. The Kier molecular flexibility index (Phi) is 5.40. The molecule has 2 aromatic rings. The van der Waals surface area contributed by atoms with E-state index < -0.39 is 0 Å². The van der Waals surface area contributed by atoms with E-state index in [2.05, 4.69) is 24.5 Å². The molecule has 0 bridgehead atoms. The van der Waals surface area contributed by atoms with E-state index >= 15 is 0 Å². The van der Waals surface area contributed by atoms with Gasteiger partial charge < -0.3 is 10.6 Å². The monoisotopic (exact) mass is 350 g/mol. The number of carbonyl (C=O) groups is 2. The van der Waals surface area contributed by atoms with Crippen molar-refractivity contribution < 1.29 is 9.59 Å². The zero-order valence-electron chi connectivity index (χ0n) is 15.6. The quantitative estimate of drug-likeness (QED) is 0.814. The van der Waals surface area contributed by atoms with Crippen LogP contribution in [0, 0.1) is 18.8 Å². The molecular formula is C22H26N2O2. The normalized spacial score (nSPS) is 18.3. The first-order valence-corrected chi connectivity index (χ1v) is 9.32. The highest BCUT2D eigenvalue weighted by Gasteiger charge is 2.48. The maximum atomic E-state index is 12.6. The summed E-state index contributed by atoms with van der Waals surface area (Å²) in [5.41, 5.74) is 5.12. The third-order valence-electron chi connectivity index (χ3n) is 5.03. The third-order valence-corrected chi connectivity index (χ3v) is 5.03. The molecule has 136 valence electrons. The fraction of sp³-hybridized carbons (Fsp3) is 0.364. The molecule has 0 aliphatic heterocycles. The lowest BCUT2D eigenvalue weighted by molar-refractivity contribution is -0.122. The smallest absolute Gasteiger partial charge is 0.228 e. The number of nitrogens with one attached hydrogen (secondary N) is 2. The Morgan fingerprint density at radius 2 is 1.42 bits per heavy atom. The van der Waals surface area contributed by atoms with Crippen LogP contribution < -0.4 is 10.6 Å². The van der Waals surface area contributed by atoms with Gasteiger partial charge in [-0.15, -0.1) is 0 Å². The molecule has 2 unspecified atom stereocenters. The second-order valence-electron chi connectivity index (χ2n) is 6.95. The Bertz CT molecular complexity index is 789. The molecule has 0 radical (unpaired) electrons. The van der Waals surface area contributed by atoms with E-state index in [-0.39, 0.29) is 23.7 Å². The van der Waals surface area contributed by atoms with Crippen LogP contribution in [0.15, 0.2) is 42.5 Å². The molecule has 2 amide bonds. The summed E-state index contributed by atoms with van der Waals surface area (Å²) in [6.45, 7) is 6.17. The summed E-state index contributed by atoms with van der Waals surface area (Å²) in [5, 5.41) is 5.99. The van der Waals surface area contributed by atoms with Gasteiger partial charge in [0.15, 0.2) is 0 Å². The van der Waals surface area contributed by atoms with Crippen LogP contribution in [0.5, 0.6) is 0 Å². The molecule has 0 saturated heterocycles. The number of benzene rings is 2. The van der Waals surface area contributed by atoms with E-state index in [4.69, 9.17) is 0 Å². The number of hydrogen-bond donors (Lipinski definition) is 2. The van der Waals surface area contributed by atoms with E-state index in [0.29, 0.717) is 6.42 Å². The summed E-state index contributed by atoms with van der Waals surface area (Å²) in [5.74, 6) is -0.608. The predicted molar refractivity (Wildman–Crippen MR) is 105 cm³/mol. The highest BCUT2D eigenvalue weighted by Crippen LogP contribution is 2.40. The van der Waals surface area contributed by atoms with Crippen molar-refractivity contribution in [3.63, 3.8) is 0 Å². The van der Waals surface area contributed by atoms with E-state index in [1.807, 2.05) is 49.4 Å². The lowest BCUT2D eigenvalue weighted by atomic mass is 10.0. The zero-order chi connectivity index (χ0) is 18.7. The zero-order valence-corrected chi connectivity index (χ0v) is 15.6. The summed E-state index contributed by atoms with van der Waals surface area (Å²) in [6.07, 6.45) is 2.34. The Morgan fingerprint density at radius 3 is 1.96 bits per heavy atom. The number of amides is 2. The second kappa shape index (κ2) is 7.73. The molecule has 0 heterocycles. The van der Waals surface area contributed by atoms with E-state index in [1.54, 1.807) is 0 Å². The standard InChI is InChI=1S/C22H26N2O2/c1-4-15-7-6-8-16(5-2)20(15)24-22(26)19-13-18(19)21(25)23-17-11-9-14(3)10-12-17/h6-12,18-19H,4-5,13H2,1-3H3,(H,23,25)(H,24,26). The maximum Gasteiger partial charge on any atom is 0.228 e. The van der Waals surface area contributed by atoms with Crippen molar-refractivity contribution in [3.8, 4) is 0 Å². The van der Waals surface area contributed by atoms with Crippen molar-refractivity contribution in [1.29, 1.82) is 0 Å². The third kappa shape index (κ3) is 3.96. The number of rotatable bonds is 6. The summed E-state index contributed by atoms with van der Waals surface area (Å²) in [4.78, 5) is 25.0. The second-order valence-corrected chi connectivity index (χ2v) is 6.95. The van der Waals surface area contributed by atoms with Crippen molar-refractivity contribution in [3.05, 3.63) is 59.2 Å². The summed E-state index contributed by atoms with van der Waals surface area (Å²) in [7, 11) is 0. The van der Waals surface area contributed by atoms with E-state index in [0.717, 1.165) is 40.9 Å². The Labute approximate surface area is 155 Å². The molecule has 1 aliphatic rings. The first-order chi connectivity index (χ1) is 12.5. The van der Waals surface area contributed by atoms with Crippen LogP contribution in [0.4, 0.5) is 11.4 Å². The van der Waals surface area contributed by atoms with Crippen LogP contribution in [0.1, 0.15) is 37.0 Å². The highest BCUT2D eigenvalue weighted by atomic mass is 16.2. The number of aryl methyl sites for hydroxylation is 3. The molecule has 2 aromatic carbocycles. The van der Waals surface area contributed by atoms with Crippen molar-refractivity contribution in [2.75, 3.05) is 10.6 Å². The molecule has 1 saturated carbocycles. The minimum atomic E-state index is -0.241. The van der Waals surface area contributed by atoms with Gasteiger partial charge in [-0.3, -0.25) is 9.59 Å². The van der Waals surface area contributed by atoms with Gasteiger partial charge in [0.05, 0.1) is 11.8 Å². The molecule has 0 aromatic heterocycles. The molecule has 3 rings (SSSR count). The minimum Gasteiger partial charge on any atom is -0.326 e. The largest absolute Gasteiger partial charge is 0.326 e. The van der Waals surface area contributed by atoms with Gasteiger partial charge in [0.25, 0.3) is 0 Å². The van der Waals surface area contributed by atoms with Crippen molar-refractivity contribution >= 4 is 23.2 Å². The summed E-state index contributed by atoms with van der Waals surface area (Å²) in [6, 6.07) is 13.8. The highest BCUT2D eigenvalue weighted by molar-refractivity contribution is 6.03. The number of hydrogen-bond acceptors (Lipinski definition) is 2. The first kappa shape index (κ1) is 18.2. The molecule has 4 nitrogen and oxygen atoms in total. The Hall–Kier alpha value is -2.62. The van der Waals surface area contributed by atoms with Gasteiger partial charge in [-0.2, -0.15) is 0 Å². The van der Waals surface area contributed by atoms with E-state index in [9.17, 15) is 9.59 Å². The fourth-order valence-electron chi connectivity index (χ4n) is 3.27. The molecule has 2 atom stereocenters. The maximum absolute atomic E-state index is 12.6. The first-order valence-electron chi connectivity index (χ1n) is 9.32. The predicted octanol–water partition coefficient (Wildman–Crippen LogP) is 4.33. The van der Waals surface area contributed by atoms with Gasteiger partial charge in [0.2, 0.25) is 11.8 Å². The molecule has 26 heavy (non-hydrogen) atoms. The van der Waals surface area contributed by atoms with E-state index in [1.165, 1.54) is 0 Å². The molecule has 2 N–H and O–H groups in total.